The van der Waals surface area contributed by atoms with Crippen molar-refractivity contribution in [3.8, 4) is 17.0 Å². The average molecular weight is 366 g/mol. The topological polar surface area (TPSA) is 60.5 Å². The van der Waals surface area contributed by atoms with Crippen molar-refractivity contribution in [2.24, 2.45) is 0 Å². The maximum atomic E-state index is 11.5. The molecular weight excluding hydrogens is 348 g/mol. The van der Waals surface area contributed by atoms with Gasteiger partial charge < -0.3 is 14.8 Å². The van der Waals surface area contributed by atoms with Crippen LogP contribution in [0.4, 0.5) is 10.8 Å². The van der Waals surface area contributed by atoms with Gasteiger partial charge in [-0.1, -0.05) is 0 Å². The highest BCUT2D eigenvalue weighted by Gasteiger charge is 2.21. The minimum atomic E-state index is -0.340. The van der Waals surface area contributed by atoms with Gasteiger partial charge in [-0.3, -0.25) is 0 Å². The molecule has 6 heteroatoms. The summed E-state index contributed by atoms with van der Waals surface area (Å²) in [5, 5.41) is 4.18. The van der Waals surface area contributed by atoms with Crippen molar-refractivity contribution < 1.29 is 14.3 Å². The van der Waals surface area contributed by atoms with E-state index < -0.39 is 0 Å². The van der Waals surface area contributed by atoms with Crippen molar-refractivity contribution in [1.82, 2.24) is 4.98 Å². The van der Waals surface area contributed by atoms with Crippen LogP contribution in [0.25, 0.3) is 11.3 Å². The van der Waals surface area contributed by atoms with E-state index in [-0.39, 0.29) is 5.97 Å². The Balaban J connectivity index is 1.59. The van der Waals surface area contributed by atoms with E-state index in [1.807, 2.05) is 18.2 Å². The van der Waals surface area contributed by atoms with E-state index >= 15 is 0 Å². The van der Waals surface area contributed by atoms with Gasteiger partial charge in [0.05, 0.1) is 25.5 Å². The molecular formula is C20H18N2O3S. The largest absolute Gasteiger partial charge is 0.497 e. The molecule has 0 spiro atoms. The molecule has 0 unspecified atom stereocenters. The summed E-state index contributed by atoms with van der Waals surface area (Å²) in [4.78, 5) is 17.6. The molecule has 1 aromatic heterocycles. The van der Waals surface area contributed by atoms with Gasteiger partial charge in [0.25, 0.3) is 0 Å². The van der Waals surface area contributed by atoms with Crippen LogP contribution in [0.3, 0.4) is 0 Å². The molecule has 3 aromatic rings. The number of carbonyl (C=O) groups is 1. The zero-order valence-electron chi connectivity index (χ0n) is 14.5. The number of hydrogen-bond donors (Lipinski definition) is 1. The second-order valence-corrected chi connectivity index (χ2v) is 7.09. The van der Waals surface area contributed by atoms with Crippen molar-refractivity contribution >= 4 is 28.1 Å². The maximum absolute atomic E-state index is 11.5. The SMILES string of the molecule is COC(=O)c1ccc(Nc2nc3c(s2)CCc2cc(OC)ccc2-3)cc1. The van der Waals surface area contributed by atoms with Gasteiger partial charge in [-0.25, -0.2) is 9.78 Å². The fraction of sp³-hybridized carbons (Fsp3) is 0.200. The number of nitrogens with zero attached hydrogens (tertiary/aromatic N) is 1. The first-order chi connectivity index (χ1) is 12.7. The van der Waals surface area contributed by atoms with E-state index in [1.165, 1.54) is 23.1 Å². The number of ether oxygens (including phenoxy) is 2. The third-order valence-corrected chi connectivity index (χ3v) is 5.47. The lowest BCUT2D eigenvalue weighted by molar-refractivity contribution is 0.0601. The van der Waals surface area contributed by atoms with E-state index in [2.05, 4.69) is 17.4 Å². The molecule has 0 saturated heterocycles. The lowest BCUT2D eigenvalue weighted by atomic mass is 9.93. The normalized spacial score (nSPS) is 12.1. The maximum Gasteiger partial charge on any atom is 0.337 e. The van der Waals surface area contributed by atoms with Crippen molar-refractivity contribution in [3.63, 3.8) is 0 Å². The van der Waals surface area contributed by atoms with Crippen molar-refractivity contribution in [3.05, 3.63) is 58.5 Å². The lowest BCUT2D eigenvalue weighted by Crippen LogP contribution is -2.02. The van der Waals surface area contributed by atoms with Crippen LogP contribution < -0.4 is 10.1 Å². The fourth-order valence-electron chi connectivity index (χ4n) is 3.10. The highest BCUT2D eigenvalue weighted by atomic mass is 32.1. The van der Waals surface area contributed by atoms with Crippen LogP contribution >= 0.6 is 11.3 Å². The van der Waals surface area contributed by atoms with Crippen LogP contribution in [0.2, 0.25) is 0 Å². The summed E-state index contributed by atoms with van der Waals surface area (Å²) in [6, 6.07) is 13.3. The van der Waals surface area contributed by atoms with Crippen LogP contribution in [0.15, 0.2) is 42.5 Å². The Morgan fingerprint density at radius 3 is 2.65 bits per heavy atom. The summed E-state index contributed by atoms with van der Waals surface area (Å²) in [5.74, 6) is 0.541. The number of esters is 1. The predicted octanol–water partition coefficient (Wildman–Crippen LogP) is 4.45. The summed E-state index contributed by atoms with van der Waals surface area (Å²) in [6.07, 6.45) is 1.98. The number of thiazole rings is 1. The Kier molecular flexibility index (Phi) is 4.34. The van der Waals surface area contributed by atoms with Gasteiger partial charge in [-0.2, -0.15) is 0 Å². The molecule has 0 saturated carbocycles. The first kappa shape index (κ1) is 16.6. The van der Waals surface area contributed by atoms with Gasteiger partial charge in [0.1, 0.15) is 5.75 Å². The Bertz CT molecular complexity index is 964. The standard InChI is InChI=1S/C20H18N2O3S/c1-24-15-8-9-16-13(11-15)5-10-17-18(16)22-20(26-17)21-14-6-3-12(4-7-14)19(23)25-2/h3-4,6-9,11H,5,10H2,1-2H3,(H,21,22). The van der Waals surface area contributed by atoms with Crippen LogP contribution in [0, 0.1) is 0 Å². The number of nitrogens with one attached hydrogen (secondary N) is 1. The predicted molar refractivity (Wildman–Crippen MR) is 103 cm³/mol. The summed E-state index contributed by atoms with van der Waals surface area (Å²) < 4.78 is 10.0. The fourth-order valence-corrected chi connectivity index (χ4v) is 4.09. The second-order valence-electron chi connectivity index (χ2n) is 6.01. The van der Waals surface area contributed by atoms with Gasteiger partial charge >= 0.3 is 5.97 Å². The summed E-state index contributed by atoms with van der Waals surface area (Å²) >= 11 is 1.67. The molecule has 1 aliphatic rings. The molecule has 0 bridgehead atoms. The molecule has 1 heterocycles. The number of fused-ring (bicyclic) bond motifs is 3. The van der Waals surface area contributed by atoms with Crippen LogP contribution in [-0.4, -0.2) is 25.2 Å². The van der Waals surface area contributed by atoms with Crippen molar-refractivity contribution in [1.29, 1.82) is 0 Å². The number of rotatable bonds is 4. The molecule has 132 valence electrons. The number of anilines is 2. The van der Waals surface area contributed by atoms with Gasteiger partial charge in [-0.05, 0) is 60.9 Å². The molecule has 0 fully saturated rings. The van der Waals surface area contributed by atoms with E-state index in [0.717, 1.165) is 35.1 Å². The summed E-state index contributed by atoms with van der Waals surface area (Å²) in [7, 11) is 3.06. The first-order valence-corrected chi connectivity index (χ1v) is 9.12. The number of benzene rings is 2. The van der Waals surface area contributed by atoms with Crippen molar-refractivity contribution in [2.75, 3.05) is 19.5 Å². The van der Waals surface area contributed by atoms with Gasteiger partial charge in [0, 0.05) is 16.1 Å². The highest BCUT2D eigenvalue weighted by Crippen LogP contribution is 2.40. The number of carbonyl (C=O) groups excluding carboxylic acids is 1. The van der Waals surface area contributed by atoms with E-state index in [4.69, 9.17) is 14.5 Å². The average Bonchev–Trinajstić information content (AvgIpc) is 3.10. The number of aryl methyl sites for hydroxylation is 2. The van der Waals surface area contributed by atoms with Crippen molar-refractivity contribution in [2.45, 2.75) is 12.8 Å². The minimum absolute atomic E-state index is 0.340. The zero-order valence-corrected chi connectivity index (χ0v) is 15.4. The molecule has 4 rings (SSSR count). The Hall–Kier alpha value is -2.86. The molecule has 2 aromatic carbocycles. The second kappa shape index (κ2) is 6.80. The van der Waals surface area contributed by atoms with Crippen LogP contribution in [0.5, 0.6) is 5.75 Å². The number of hydrogen-bond acceptors (Lipinski definition) is 6. The van der Waals surface area contributed by atoms with E-state index in [1.54, 1.807) is 30.6 Å². The third-order valence-electron chi connectivity index (χ3n) is 4.44. The first-order valence-electron chi connectivity index (χ1n) is 8.30. The quantitative estimate of drug-likeness (QED) is 0.692. The van der Waals surface area contributed by atoms with Crippen LogP contribution in [0.1, 0.15) is 20.8 Å². The van der Waals surface area contributed by atoms with Crippen LogP contribution in [-0.2, 0) is 17.6 Å². The van der Waals surface area contributed by atoms with E-state index in [9.17, 15) is 4.79 Å². The Labute approximate surface area is 155 Å². The molecule has 0 aliphatic heterocycles. The monoisotopic (exact) mass is 366 g/mol. The summed E-state index contributed by atoms with van der Waals surface area (Å²) in [6.45, 7) is 0. The highest BCUT2D eigenvalue weighted by molar-refractivity contribution is 7.16. The molecule has 5 nitrogen and oxygen atoms in total. The molecule has 0 atom stereocenters. The van der Waals surface area contributed by atoms with Gasteiger partial charge in [0.15, 0.2) is 5.13 Å². The molecule has 0 radical (unpaired) electrons. The Morgan fingerprint density at radius 1 is 1.12 bits per heavy atom. The molecule has 1 N–H and O–H groups in total. The third kappa shape index (κ3) is 3.04. The number of methoxy groups -OCH3 is 2. The lowest BCUT2D eigenvalue weighted by Gasteiger charge is -2.15. The Morgan fingerprint density at radius 2 is 1.92 bits per heavy atom. The molecule has 1 aliphatic carbocycles. The van der Waals surface area contributed by atoms with Gasteiger partial charge in [0.2, 0.25) is 0 Å². The van der Waals surface area contributed by atoms with E-state index in [0.29, 0.717) is 5.56 Å². The van der Waals surface area contributed by atoms with Gasteiger partial charge in [-0.15, -0.1) is 11.3 Å². The molecule has 0 amide bonds. The summed E-state index contributed by atoms with van der Waals surface area (Å²) in [5.41, 5.74) is 4.92. The molecule has 26 heavy (non-hydrogen) atoms. The smallest absolute Gasteiger partial charge is 0.337 e. The minimum Gasteiger partial charge on any atom is -0.497 e. The zero-order chi connectivity index (χ0) is 18.1. The number of aromatic nitrogens is 1.